The molecular weight excluding hydrogens is 264 g/mol. The third-order valence-corrected chi connectivity index (χ3v) is 2.56. The molecule has 1 rings (SSSR count). The Hall–Kier alpha value is -1.18. The first-order valence-electron chi connectivity index (χ1n) is 5.79. The van der Waals surface area contributed by atoms with E-state index < -0.39 is 24.7 Å². The van der Waals surface area contributed by atoms with E-state index in [1.807, 2.05) is 0 Å². The predicted molar refractivity (Wildman–Crippen MR) is 62.6 cm³/mol. The van der Waals surface area contributed by atoms with Crippen LogP contribution in [-0.4, -0.2) is 25.7 Å². The highest BCUT2D eigenvalue weighted by atomic mass is 19.3. The van der Waals surface area contributed by atoms with E-state index in [2.05, 4.69) is 5.43 Å². The molecule has 0 bridgehead atoms. The Morgan fingerprint density at radius 3 is 2.53 bits per heavy atom. The van der Waals surface area contributed by atoms with Crippen molar-refractivity contribution in [3.8, 4) is 0 Å². The first kappa shape index (κ1) is 15.9. The van der Waals surface area contributed by atoms with Crippen molar-refractivity contribution in [3.05, 3.63) is 35.4 Å². The molecule has 0 spiro atoms. The first-order chi connectivity index (χ1) is 9.02. The highest BCUT2D eigenvalue weighted by Crippen LogP contribution is 2.11. The van der Waals surface area contributed by atoms with Gasteiger partial charge in [0, 0.05) is 12.6 Å². The van der Waals surface area contributed by atoms with Gasteiger partial charge in [-0.1, -0.05) is 6.07 Å². The number of hydrazine groups is 1. The summed E-state index contributed by atoms with van der Waals surface area (Å²) in [6, 6.07) is 3.30. The highest BCUT2D eigenvalue weighted by molar-refractivity contribution is 5.18. The number of benzene rings is 1. The lowest BCUT2D eigenvalue weighted by Gasteiger charge is -2.16. The maximum absolute atomic E-state index is 13.0. The number of ether oxygens (including phenoxy) is 1. The fourth-order valence-electron chi connectivity index (χ4n) is 1.59. The van der Waals surface area contributed by atoms with Crippen LogP contribution in [0, 0.1) is 11.6 Å². The van der Waals surface area contributed by atoms with Crippen LogP contribution in [0.2, 0.25) is 0 Å². The van der Waals surface area contributed by atoms with Crippen LogP contribution in [-0.2, 0) is 11.2 Å². The zero-order chi connectivity index (χ0) is 14.3. The van der Waals surface area contributed by atoms with Gasteiger partial charge in [-0.05, 0) is 30.5 Å². The molecule has 0 saturated heterocycles. The monoisotopic (exact) mass is 280 g/mol. The van der Waals surface area contributed by atoms with Crippen molar-refractivity contribution in [2.75, 3.05) is 13.2 Å². The van der Waals surface area contributed by atoms with E-state index in [-0.39, 0.29) is 12.6 Å². The Bertz CT molecular complexity index is 390. The lowest BCUT2D eigenvalue weighted by molar-refractivity contribution is 0.0144. The molecule has 7 heteroatoms. The smallest absolute Gasteiger partial charge is 0.261 e. The summed E-state index contributed by atoms with van der Waals surface area (Å²) in [4.78, 5) is 0. The Kier molecular flexibility index (Phi) is 6.75. The van der Waals surface area contributed by atoms with Gasteiger partial charge in [-0.2, -0.15) is 0 Å². The van der Waals surface area contributed by atoms with Gasteiger partial charge in [0.15, 0.2) is 11.6 Å². The van der Waals surface area contributed by atoms with Crippen LogP contribution in [0.4, 0.5) is 17.6 Å². The summed E-state index contributed by atoms with van der Waals surface area (Å²) in [7, 11) is 0. The molecule has 3 N–H and O–H groups in total. The van der Waals surface area contributed by atoms with Gasteiger partial charge >= 0.3 is 0 Å². The number of hydrogen-bond donors (Lipinski definition) is 2. The Morgan fingerprint density at radius 2 is 1.95 bits per heavy atom. The molecular formula is C12H16F4N2O. The van der Waals surface area contributed by atoms with Gasteiger partial charge in [0.05, 0.1) is 0 Å². The van der Waals surface area contributed by atoms with Crippen molar-refractivity contribution in [3.63, 3.8) is 0 Å². The number of alkyl halides is 2. The standard InChI is InChI=1S/C12H16F4N2O/c13-10-2-1-8(6-11(10)14)5-9(18-17)3-4-19-7-12(15)16/h1-2,6,9,12,18H,3-5,7,17H2. The molecule has 1 aromatic carbocycles. The van der Waals surface area contributed by atoms with Crippen molar-refractivity contribution in [2.24, 2.45) is 5.84 Å². The highest BCUT2D eigenvalue weighted by Gasteiger charge is 2.11. The van der Waals surface area contributed by atoms with Gasteiger partial charge < -0.3 is 4.74 Å². The Labute approximate surface area is 108 Å². The summed E-state index contributed by atoms with van der Waals surface area (Å²) in [5.41, 5.74) is 3.05. The van der Waals surface area contributed by atoms with Crippen molar-refractivity contribution < 1.29 is 22.3 Å². The number of rotatable bonds is 8. The molecule has 0 heterocycles. The average molecular weight is 280 g/mol. The molecule has 0 aliphatic heterocycles. The van der Waals surface area contributed by atoms with E-state index in [0.29, 0.717) is 18.4 Å². The van der Waals surface area contributed by atoms with E-state index >= 15 is 0 Å². The number of nitrogens with one attached hydrogen (secondary N) is 1. The van der Waals surface area contributed by atoms with Crippen molar-refractivity contribution in [2.45, 2.75) is 25.3 Å². The van der Waals surface area contributed by atoms with Crippen LogP contribution in [0.3, 0.4) is 0 Å². The fraction of sp³-hybridized carbons (Fsp3) is 0.500. The minimum atomic E-state index is -2.50. The largest absolute Gasteiger partial charge is 0.375 e. The van der Waals surface area contributed by atoms with Crippen LogP contribution in [0.15, 0.2) is 18.2 Å². The molecule has 1 unspecified atom stereocenters. The molecule has 19 heavy (non-hydrogen) atoms. The second kappa shape index (κ2) is 8.08. The third-order valence-electron chi connectivity index (χ3n) is 2.56. The van der Waals surface area contributed by atoms with Gasteiger partial charge in [0.25, 0.3) is 6.43 Å². The van der Waals surface area contributed by atoms with Gasteiger partial charge in [0.2, 0.25) is 0 Å². The molecule has 0 amide bonds. The molecule has 108 valence electrons. The maximum atomic E-state index is 13.0. The summed E-state index contributed by atoms with van der Waals surface area (Å²) in [5, 5.41) is 0. The Balaban J connectivity index is 2.40. The van der Waals surface area contributed by atoms with Gasteiger partial charge in [-0.25, -0.2) is 17.6 Å². The minimum absolute atomic E-state index is 0.114. The molecule has 0 aliphatic carbocycles. The lowest BCUT2D eigenvalue weighted by atomic mass is 10.0. The zero-order valence-corrected chi connectivity index (χ0v) is 10.2. The van der Waals surface area contributed by atoms with E-state index in [4.69, 9.17) is 10.6 Å². The molecule has 0 radical (unpaired) electrons. The molecule has 0 aliphatic rings. The lowest BCUT2D eigenvalue weighted by Crippen LogP contribution is -2.37. The molecule has 0 saturated carbocycles. The quantitative estimate of drug-likeness (QED) is 0.331. The van der Waals surface area contributed by atoms with Gasteiger partial charge in [-0.15, -0.1) is 0 Å². The number of hydrogen-bond acceptors (Lipinski definition) is 3. The van der Waals surface area contributed by atoms with Crippen molar-refractivity contribution in [1.29, 1.82) is 0 Å². The van der Waals surface area contributed by atoms with Crippen LogP contribution < -0.4 is 11.3 Å². The van der Waals surface area contributed by atoms with E-state index in [9.17, 15) is 17.6 Å². The fourth-order valence-corrected chi connectivity index (χ4v) is 1.59. The van der Waals surface area contributed by atoms with Crippen molar-refractivity contribution >= 4 is 0 Å². The summed E-state index contributed by atoms with van der Waals surface area (Å²) in [6.45, 7) is -0.509. The minimum Gasteiger partial charge on any atom is -0.375 e. The summed E-state index contributed by atoms with van der Waals surface area (Å²) in [6.07, 6.45) is -1.76. The second-order valence-corrected chi connectivity index (χ2v) is 4.07. The topological polar surface area (TPSA) is 47.3 Å². The van der Waals surface area contributed by atoms with Crippen LogP contribution >= 0.6 is 0 Å². The van der Waals surface area contributed by atoms with Gasteiger partial charge in [0.1, 0.15) is 6.61 Å². The number of nitrogens with two attached hydrogens (primary N) is 1. The van der Waals surface area contributed by atoms with E-state index in [1.54, 1.807) is 0 Å². The van der Waals surface area contributed by atoms with Crippen molar-refractivity contribution in [1.82, 2.24) is 5.43 Å². The van der Waals surface area contributed by atoms with Gasteiger partial charge in [-0.3, -0.25) is 11.3 Å². The van der Waals surface area contributed by atoms with E-state index in [1.165, 1.54) is 6.07 Å². The average Bonchev–Trinajstić information content (AvgIpc) is 2.37. The zero-order valence-electron chi connectivity index (χ0n) is 10.2. The SMILES string of the molecule is NNC(CCOCC(F)F)Cc1ccc(F)c(F)c1. The third kappa shape index (κ3) is 6.00. The second-order valence-electron chi connectivity index (χ2n) is 4.07. The van der Waals surface area contributed by atoms with E-state index in [0.717, 1.165) is 12.1 Å². The molecule has 3 nitrogen and oxygen atoms in total. The molecule has 0 fully saturated rings. The summed E-state index contributed by atoms with van der Waals surface area (Å²) < 4.78 is 54.1. The summed E-state index contributed by atoms with van der Waals surface area (Å²) >= 11 is 0. The normalized spacial score (nSPS) is 12.9. The summed E-state index contributed by atoms with van der Waals surface area (Å²) in [5.74, 6) is 3.47. The van der Waals surface area contributed by atoms with Crippen LogP contribution in [0.1, 0.15) is 12.0 Å². The Morgan fingerprint density at radius 1 is 1.21 bits per heavy atom. The number of halogens is 4. The van der Waals surface area contributed by atoms with Crippen LogP contribution in [0.25, 0.3) is 0 Å². The molecule has 0 aromatic heterocycles. The van der Waals surface area contributed by atoms with Crippen LogP contribution in [0.5, 0.6) is 0 Å². The predicted octanol–water partition coefficient (Wildman–Crippen LogP) is 2.01. The molecule has 1 aromatic rings. The maximum Gasteiger partial charge on any atom is 0.261 e. The first-order valence-corrected chi connectivity index (χ1v) is 5.79. The molecule has 1 atom stereocenters.